The Kier molecular flexibility index (Phi) is 6.39. The van der Waals surface area contributed by atoms with Gasteiger partial charge >= 0.3 is 18.9 Å². The van der Waals surface area contributed by atoms with Gasteiger partial charge in [0.15, 0.2) is 0 Å². The molecule has 0 fully saturated rings. The average Bonchev–Trinajstić information content (AvgIpc) is 1.97. The summed E-state index contributed by atoms with van der Waals surface area (Å²) >= 11 is 0. The average molecular weight is 293 g/mol. The van der Waals surface area contributed by atoms with Gasteiger partial charge in [0.05, 0.1) is 9.79 Å². The first-order valence-electron chi connectivity index (χ1n) is 3.51. The summed E-state index contributed by atoms with van der Waals surface area (Å²) in [4.78, 5) is -2.58. The van der Waals surface area contributed by atoms with E-state index >= 15 is 0 Å². The zero-order chi connectivity index (χ0) is 12.7. The van der Waals surface area contributed by atoms with Crippen molar-refractivity contribution in [2.24, 2.45) is 0 Å². The van der Waals surface area contributed by atoms with E-state index < -0.39 is 41.5 Å². The molecule has 98 valence electrons. The standard InChI is InChI=1S/C6H6O8S2.Li.H3N/c7-3-1-4(8)6(16(12,13)14)2-5(3)15(9,10)11;;/h1-2,7-8H,(H,9,10,11)(H,12,13,14);;1H3/q;+1;/p-1. The first kappa shape index (κ1) is 19.5. The first-order valence-corrected chi connectivity index (χ1v) is 6.33. The summed E-state index contributed by atoms with van der Waals surface area (Å²) in [5.41, 5.74) is 0. The Labute approximate surface area is 115 Å². The van der Waals surface area contributed by atoms with Gasteiger partial charge in [-0.1, -0.05) is 0 Å². The predicted molar refractivity (Wildman–Crippen MR) is 51.7 cm³/mol. The summed E-state index contributed by atoms with van der Waals surface area (Å²) in [6.07, 6.45) is 0. The van der Waals surface area contributed by atoms with Gasteiger partial charge in [-0.25, -0.2) is 16.8 Å². The van der Waals surface area contributed by atoms with Crippen molar-refractivity contribution in [2.75, 3.05) is 0 Å². The van der Waals surface area contributed by atoms with Crippen molar-refractivity contribution in [3.8, 4) is 11.5 Å². The Bertz CT molecular complexity index is 585. The van der Waals surface area contributed by atoms with Crippen molar-refractivity contribution in [1.29, 1.82) is 0 Å². The fraction of sp³-hybridized carbons (Fsp3) is 0. The van der Waals surface area contributed by atoms with Gasteiger partial charge in [0.25, 0.3) is 0 Å². The third kappa shape index (κ3) is 4.14. The Balaban J connectivity index is 0. The Morgan fingerprint density at radius 2 is 1.11 bits per heavy atom. The predicted octanol–water partition coefficient (Wildman–Crippen LogP) is -3.71. The van der Waals surface area contributed by atoms with E-state index in [-0.39, 0.29) is 37.1 Å². The number of phenolic OH excluding ortho intramolecular Hbond substituents is 2. The maximum Gasteiger partial charge on any atom is 1.00 e. The molecule has 0 spiro atoms. The molecule has 0 bridgehead atoms. The van der Waals surface area contributed by atoms with Crippen LogP contribution in [0.15, 0.2) is 21.9 Å². The molecule has 18 heavy (non-hydrogen) atoms. The van der Waals surface area contributed by atoms with Crippen LogP contribution in [0.25, 0.3) is 0 Å². The summed E-state index contributed by atoms with van der Waals surface area (Å²) in [5.74, 6) is -2.28. The molecule has 0 radical (unpaired) electrons. The molecule has 0 atom stereocenters. The van der Waals surface area contributed by atoms with Gasteiger partial charge in [-0.3, -0.25) is 0 Å². The van der Waals surface area contributed by atoms with E-state index in [0.717, 1.165) is 0 Å². The normalized spacial score (nSPS) is 11.2. The molecular formula is C6H8LiNO8S2. The van der Waals surface area contributed by atoms with E-state index in [1.54, 1.807) is 0 Å². The molecule has 1 rings (SSSR count). The molecule has 0 aliphatic carbocycles. The number of hydrogen-bond donors (Lipinski definition) is 3. The minimum atomic E-state index is -5.15. The van der Waals surface area contributed by atoms with Crippen LogP contribution in [0.5, 0.6) is 11.5 Å². The molecule has 0 aromatic heterocycles. The third-order valence-corrected chi connectivity index (χ3v) is 3.31. The van der Waals surface area contributed by atoms with Crippen molar-refractivity contribution in [3.63, 3.8) is 0 Å². The van der Waals surface area contributed by atoms with E-state index in [4.69, 9.17) is 10.2 Å². The number of quaternary nitrogens is 1. The zero-order valence-electron chi connectivity index (χ0n) is 9.32. The molecule has 0 aliphatic heterocycles. The van der Waals surface area contributed by atoms with E-state index in [1.807, 2.05) is 0 Å². The number of rotatable bonds is 2. The molecular weight excluding hydrogens is 285 g/mol. The van der Waals surface area contributed by atoms with Crippen LogP contribution in [0, 0.1) is 0 Å². The number of phenols is 2. The van der Waals surface area contributed by atoms with Crippen LogP contribution in [0.2, 0.25) is 0 Å². The van der Waals surface area contributed by atoms with Crippen LogP contribution in [-0.4, -0.2) is 36.2 Å². The van der Waals surface area contributed by atoms with Gasteiger partial charge in [-0.2, -0.15) is 0 Å². The molecule has 0 aliphatic rings. The Hall–Kier alpha value is -0.803. The van der Waals surface area contributed by atoms with E-state index in [0.29, 0.717) is 0 Å². The first-order chi connectivity index (χ1) is 7.03. The molecule has 0 unspecified atom stereocenters. The molecule has 6 N–H and O–H groups in total. The molecule has 0 amide bonds. The van der Waals surface area contributed by atoms with Gasteiger partial charge in [-0.05, 0) is 6.07 Å². The second kappa shape index (κ2) is 5.89. The second-order valence-corrected chi connectivity index (χ2v) is 5.39. The van der Waals surface area contributed by atoms with Crippen LogP contribution in [-0.2, 0) is 20.2 Å². The fourth-order valence-electron chi connectivity index (χ4n) is 0.939. The van der Waals surface area contributed by atoms with Gasteiger partial charge in [0.2, 0.25) is 0 Å². The minimum absolute atomic E-state index is 0. The minimum Gasteiger partial charge on any atom is -0.744 e. The summed E-state index contributed by atoms with van der Waals surface area (Å²) in [7, 11) is -10.3. The molecule has 0 saturated carbocycles. The molecule has 0 heterocycles. The summed E-state index contributed by atoms with van der Waals surface area (Å²) in [5, 5.41) is 18.0. The van der Waals surface area contributed by atoms with Crippen LogP contribution in [0.3, 0.4) is 0 Å². The van der Waals surface area contributed by atoms with Crippen molar-refractivity contribution >= 4 is 20.2 Å². The SMILES string of the molecule is O=S(=O)([O-])c1cc(S(=O)(=O)[O-])c(O)cc1O.[Li+].[NH4+]. The van der Waals surface area contributed by atoms with Gasteiger partial charge in [-0.15, -0.1) is 0 Å². The molecule has 9 nitrogen and oxygen atoms in total. The van der Waals surface area contributed by atoms with Crippen LogP contribution in [0.1, 0.15) is 0 Å². The van der Waals surface area contributed by atoms with E-state index in [2.05, 4.69) is 0 Å². The van der Waals surface area contributed by atoms with Gasteiger partial charge in [0.1, 0.15) is 31.7 Å². The van der Waals surface area contributed by atoms with E-state index in [1.165, 1.54) is 0 Å². The Morgan fingerprint density at radius 3 is 1.33 bits per heavy atom. The van der Waals surface area contributed by atoms with Crippen LogP contribution < -0.4 is 25.0 Å². The quantitative estimate of drug-likeness (QED) is 0.366. The van der Waals surface area contributed by atoms with Gasteiger partial charge < -0.3 is 25.5 Å². The maximum absolute atomic E-state index is 10.6. The summed E-state index contributed by atoms with van der Waals surface area (Å²) in [6, 6.07) is 0.394. The fourth-order valence-corrected chi connectivity index (χ4v) is 2.17. The van der Waals surface area contributed by atoms with Crippen molar-refractivity contribution in [1.82, 2.24) is 6.15 Å². The largest absolute Gasteiger partial charge is 1.00 e. The number of benzene rings is 1. The summed E-state index contributed by atoms with van der Waals surface area (Å²) < 4.78 is 63.3. The second-order valence-electron chi connectivity index (χ2n) is 2.70. The van der Waals surface area contributed by atoms with Crippen LogP contribution in [0.4, 0.5) is 0 Å². The Morgan fingerprint density at radius 1 is 0.833 bits per heavy atom. The van der Waals surface area contributed by atoms with Crippen molar-refractivity contribution < 1.29 is 55.0 Å². The van der Waals surface area contributed by atoms with E-state index in [9.17, 15) is 25.9 Å². The molecule has 0 saturated heterocycles. The van der Waals surface area contributed by atoms with Crippen molar-refractivity contribution in [3.05, 3.63) is 12.1 Å². The summed E-state index contributed by atoms with van der Waals surface area (Å²) in [6.45, 7) is 0. The number of hydrogen-bond acceptors (Lipinski definition) is 8. The van der Waals surface area contributed by atoms with Crippen molar-refractivity contribution in [2.45, 2.75) is 9.79 Å². The van der Waals surface area contributed by atoms with Gasteiger partial charge in [0, 0.05) is 6.07 Å². The monoisotopic (exact) mass is 293 g/mol. The number of aromatic hydroxyl groups is 2. The smallest absolute Gasteiger partial charge is 0.744 e. The topological polar surface area (TPSA) is 191 Å². The molecule has 1 aromatic rings. The molecule has 12 heteroatoms. The zero-order valence-corrected chi connectivity index (χ0v) is 10.9. The maximum atomic E-state index is 10.6. The third-order valence-electron chi connectivity index (χ3n) is 1.58. The van der Waals surface area contributed by atoms with Crippen LogP contribution >= 0.6 is 0 Å². The molecule has 1 aromatic carbocycles.